The van der Waals surface area contributed by atoms with Gasteiger partial charge in [-0.3, -0.25) is 14.5 Å². The molecular formula is C16H17N3O2S. The molecule has 0 bridgehead atoms. The van der Waals surface area contributed by atoms with Crippen LogP contribution in [0.2, 0.25) is 0 Å². The van der Waals surface area contributed by atoms with E-state index in [0.29, 0.717) is 25.1 Å². The van der Waals surface area contributed by atoms with Crippen molar-refractivity contribution in [2.45, 2.75) is 18.0 Å². The van der Waals surface area contributed by atoms with Crippen LogP contribution in [-0.2, 0) is 16.6 Å². The van der Waals surface area contributed by atoms with Crippen molar-refractivity contribution < 1.29 is 9.59 Å². The molecule has 3 rings (SSSR count). The third-order valence-corrected chi connectivity index (χ3v) is 4.74. The quantitative estimate of drug-likeness (QED) is 0.628. The Kier molecular flexibility index (Phi) is 4.29. The summed E-state index contributed by atoms with van der Waals surface area (Å²) in [5.74, 6) is 0.544. The van der Waals surface area contributed by atoms with Gasteiger partial charge in [0.05, 0.1) is 11.9 Å². The Hall–Kier alpha value is -2.08. The maximum absolute atomic E-state index is 11.6. The van der Waals surface area contributed by atoms with Gasteiger partial charge in [0, 0.05) is 32.2 Å². The molecule has 1 aromatic carbocycles. The van der Waals surface area contributed by atoms with E-state index in [1.807, 2.05) is 48.1 Å². The number of thioether (sulfide) groups is 1. The summed E-state index contributed by atoms with van der Waals surface area (Å²) < 4.78 is 2.04. The topological polar surface area (TPSA) is 55.2 Å². The molecular weight excluding hydrogens is 298 g/mol. The van der Waals surface area contributed by atoms with E-state index in [2.05, 4.69) is 4.98 Å². The minimum Gasteiger partial charge on any atom is -0.322 e. The van der Waals surface area contributed by atoms with Crippen molar-refractivity contribution in [2.24, 2.45) is 7.05 Å². The Balaban J connectivity index is 1.63. The second-order valence-electron chi connectivity index (χ2n) is 5.14. The van der Waals surface area contributed by atoms with E-state index >= 15 is 0 Å². The van der Waals surface area contributed by atoms with Crippen LogP contribution in [0.1, 0.15) is 12.8 Å². The molecule has 0 aliphatic carbocycles. The average molecular weight is 315 g/mol. The molecule has 1 saturated heterocycles. The molecule has 2 amide bonds. The number of carbonyl (C=O) groups excluding carboxylic acids is 2. The molecule has 6 heteroatoms. The molecule has 0 unspecified atom stereocenters. The number of carbonyl (C=O) groups is 2. The zero-order chi connectivity index (χ0) is 15.5. The van der Waals surface area contributed by atoms with Crippen LogP contribution >= 0.6 is 11.8 Å². The number of rotatable bonds is 5. The number of benzene rings is 1. The summed E-state index contributed by atoms with van der Waals surface area (Å²) in [7, 11) is 1.98. The lowest BCUT2D eigenvalue weighted by atomic mass is 10.2. The first-order valence-corrected chi connectivity index (χ1v) is 8.18. The number of amides is 2. The fourth-order valence-electron chi connectivity index (χ4n) is 2.50. The molecule has 1 aromatic heterocycles. The van der Waals surface area contributed by atoms with Crippen LogP contribution in [0.15, 0.2) is 41.7 Å². The summed E-state index contributed by atoms with van der Waals surface area (Å²) in [6, 6.07) is 10.1. The summed E-state index contributed by atoms with van der Waals surface area (Å²) in [6.45, 7) is 0.454. The van der Waals surface area contributed by atoms with Crippen molar-refractivity contribution in [3.05, 3.63) is 36.5 Å². The van der Waals surface area contributed by atoms with Crippen molar-refractivity contribution >= 4 is 23.6 Å². The number of aromatic nitrogens is 2. The summed E-state index contributed by atoms with van der Waals surface area (Å²) >= 11 is 1.56. The standard InChI is InChI=1S/C16H17N3O2S/c1-18-13(12-5-3-2-4-6-12)11-17-16(18)22-10-9-19-14(20)7-8-15(19)21/h2-6,11H,7-10H2,1H3. The molecule has 114 valence electrons. The number of imidazole rings is 1. The largest absolute Gasteiger partial charge is 0.322 e. The number of nitrogens with zero attached hydrogens (tertiary/aromatic N) is 3. The summed E-state index contributed by atoms with van der Waals surface area (Å²) in [6.07, 6.45) is 2.55. The minimum absolute atomic E-state index is 0.0598. The maximum Gasteiger partial charge on any atom is 0.229 e. The molecule has 0 radical (unpaired) electrons. The highest BCUT2D eigenvalue weighted by Gasteiger charge is 2.28. The van der Waals surface area contributed by atoms with E-state index < -0.39 is 0 Å². The molecule has 0 spiro atoms. The lowest BCUT2D eigenvalue weighted by molar-refractivity contribution is -0.137. The van der Waals surface area contributed by atoms with Gasteiger partial charge in [0.25, 0.3) is 0 Å². The third-order valence-electron chi connectivity index (χ3n) is 3.72. The Morgan fingerprint density at radius 3 is 2.50 bits per heavy atom. The van der Waals surface area contributed by atoms with Gasteiger partial charge in [-0.15, -0.1) is 0 Å². The van der Waals surface area contributed by atoms with Crippen LogP contribution in [0, 0.1) is 0 Å². The van der Waals surface area contributed by atoms with Crippen molar-refractivity contribution in [1.29, 1.82) is 0 Å². The van der Waals surface area contributed by atoms with Gasteiger partial charge in [-0.1, -0.05) is 42.1 Å². The Morgan fingerprint density at radius 2 is 1.82 bits per heavy atom. The molecule has 2 aromatic rings. The zero-order valence-electron chi connectivity index (χ0n) is 12.4. The number of hydrogen-bond donors (Lipinski definition) is 0. The highest BCUT2D eigenvalue weighted by atomic mass is 32.2. The van der Waals surface area contributed by atoms with Gasteiger partial charge in [-0.2, -0.15) is 0 Å². The molecule has 5 nitrogen and oxygen atoms in total. The molecule has 0 atom stereocenters. The monoisotopic (exact) mass is 315 g/mol. The highest BCUT2D eigenvalue weighted by molar-refractivity contribution is 7.99. The summed E-state index contributed by atoms with van der Waals surface area (Å²) in [5.41, 5.74) is 2.17. The number of imide groups is 1. The van der Waals surface area contributed by atoms with Crippen LogP contribution in [0.4, 0.5) is 0 Å². The first kappa shape index (κ1) is 14.8. The van der Waals surface area contributed by atoms with Crippen molar-refractivity contribution in [1.82, 2.24) is 14.5 Å². The second-order valence-corrected chi connectivity index (χ2v) is 6.20. The van der Waals surface area contributed by atoms with Gasteiger partial charge >= 0.3 is 0 Å². The maximum atomic E-state index is 11.6. The molecule has 22 heavy (non-hydrogen) atoms. The summed E-state index contributed by atoms with van der Waals surface area (Å²) in [4.78, 5) is 28.9. The fourth-order valence-corrected chi connectivity index (χ4v) is 3.38. The molecule has 2 heterocycles. The summed E-state index contributed by atoms with van der Waals surface area (Å²) in [5, 5.41) is 0.887. The lowest BCUT2D eigenvalue weighted by Gasteiger charge is -2.13. The minimum atomic E-state index is -0.0598. The van der Waals surface area contributed by atoms with E-state index in [1.165, 1.54) is 4.90 Å². The van der Waals surface area contributed by atoms with Gasteiger partial charge in [0.15, 0.2) is 5.16 Å². The SMILES string of the molecule is Cn1c(-c2ccccc2)cnc1SCCN1C(=O)CCC1=O. The van der Waals surface area contributed by atoms with E-state index in [9.17, 15) is 9.59 Å². The first-order valence-electron chi connectivity index (χ1n) is 7.20. The number of likely N-dealkylation sites (tertiary alicyclic amines) is 1. The molecule has 0 N–H and O–H groups in total. The van der Waals surface area contributed by atoms with Crippen molar-refractivity contribution in [3.8, 4) is 11.3 Å². The van der Waals surface area contributed by atoms with Gasteiger partial charge in [-0.05, 0) is 5.56 Å². The molecule has 0 saturated carbocycles. The van der Waals surface area contributed by atoms with Crippen LogP contribution in [0.25, 0.3) is 11.3 Å². The molecule has 1 aliphatic rings. The lowest BCUT2D eigenvalue weighted by Crippen LogP contribution is -2.31. The predicted molar refractivity (Wildman–Crippen MR) is 85.3 cm³/mol. The Morgan fingerprint density at radius 1 is 1.14 bits per heavy atom. The van der Waals surface area contributed by atoms with Crippen LogP contribution in [0.3, 0.4) is 0 Å². The van der Waals surface area contributed by atoms with Crippen molar-refractivity contribution in [2.75, 3.05) is 12.3 Å². The van der Waals surface area contributed by atoms with E-state index in [1.54, 1.807) is 11.8 Å². The second kappa shape index (κ2) is 6.36. The fraction of sp³-hybridized carbons (Fsp3) is 0.312. The van der Waals surface area contributed by atoms with Crippen LogP contribution < -0.4 is 0 Å². The molecule has 1 aliphatic heterocycles. The normalized spacial score (nSPS) is 14.9. The van der Waals surface area contributed by atoms with Crippen LogP contribution in [0.5, 0.6) is 0 Å². The van der Waals surface area contributed by atoms with Gasteiger partial charge in [0.1, 0.15) is 0 Å². The van der Waals surface area contributed by atoms with E-state index in [4.69, 9.17) is 0 Å². The third kappa shape index (κ3) is 2.92. The van der Waals surface area contributed by atoms with Gasteiger partial charge in [0.2, 0.25) is 11.8 Å². The van der Waals surface area contributed by atoms with E-state index in [-0.39, 0.29) is 11.8 Å². The zero-order valence-corrected chi connectivity index (χ0v) is 13.2. The van der Waals surface area contributed by atoms with Gasteiger partial charge in [-0.25, -0.2) is 4.98 Å². The predicted octanol–water partition coefficient (Wildman–Crippen LogP) is 2.33. The molecule has 1 fully saturated rings. The van der Waals surface area contributed by atoms with E-state index in [0.717, 1.165) is 16.4 Å². The van der Waals surface area contributed by atoms with Crippen molar-refractivity contribution in [3.63, 3.8) is 0 Å². The van der Waals surface area contributed by atoms with Gasteiger partial charge < -0.3 is 4.57 Å². The first-order chi connectivity index (χ1) is 10.7. The Bertz CT molecular complexity index is 681. The Labute approximate surface area is 133 Å². The smallest absolute Gasteiger partial charge is 0.229 e. The average Bonchev–Trinajstić information content (AvgIpc) is 3.05. The van der Waals surface area contributed by atoms with Crippen LogP contribution in [-0.4, -0.2) is 38.6 Å². The number of hydrogen-bond acceptors (Lipinski definition) is 4. The highest BCUT2D eigenvalue weighted by Crippen LogP contribution is 2.25.